The molecule has 0 unspecified atom stereocenters. The molecule has 0 saturated heterocycles. The average molecular weight is 648 g/mol. The van der Waals surface area contributed by atoms with Crippen molar-refractivity contribution in [3.63, 3.8) is 0 Å². The molecule has 0 aliphatic rings. The van der Waals surface area contributed by atoms with Crippen LogP contribution in [0.5, 0.6) is 5.75 Å². The van der Waals surface area contributed by atoms with Crippen LogP contribution in [0.3, 0.4) is 0 Å². The van der Waals surface area contributed by atoms with Crippen LogP contribution in [0.25, 0.3) is 0 Å². The fourth-order valence-electron chi connectivity index (χ4n) is 2.53. The highest BCUT2D eigenvalue weighted by molar-refractivity contribution is 14.1. The van der Waals surface area contributed by atoms with Gasteiger partial charge in [0.1, 0.15) is 12.4 Å². The second kappa shape index (κ2) is 12.5. The zero-order valence-corrected chi connectivity index (χ0v) is 21.9. The Bertz CT molecular complexity index is 972. The average Bonchev–Trinajstić information content (AvgIpc) is 2.67. The molecule has 158 valence electrons. The van der Waals surface area contributed by atoms with Crippen molar-refractivity contribution in [1.29, 1.82) is 0 Å². The molecule has 1 N–H and O–H groups in total. The Morgan fingerprint density at radius 1 is 1.23 bits per heavy atom. The second-order valence-electron chi connectivity index (χ2n) is 6.36. The van der Waals surface area contributed by atoms with E-state index in [1.54, 1.807) is 6.92 Å². The minimum atomic E-state index is -0.955. The number of rotatable bonds is 8. The number of halogens is 3. The van der Waals surface area contributed by atoms with Crippen LogP contribution in [0.4, 0.5) is 0 Å². The molecule has 0 aliphatic carbocycles. The maximum atomic E-state index is 11.3. The Morgan fingerprint density at radius 2 is 1.93 bits per heavy atom. The van der Waals surface area contributed by atoms with E-state index in [-0.39, 0.29) is 0 Å². The van der Waals surface area contributed by atoms with Gasteiger partial charge in [-0.15, -0.1) is 0 Å². The molecule has 7 heteroatoms. The van der Waals surface area contributed by atoms with Gasteiger partial charge in [-0.2, -0.15) is 0 Å². The molecule has 0 amide bonds. The zero-order valence-electron chi connectivity index (χ0n) is 16.5. The molecule has 2 aromatic rings. The molecule has 0 aromatic heterocycles. The molecule has 0 bridgehead atoms. The summed E-state index contributed by atoms with van der Waals surface area (Å²) in [5, 5.41) is 9.23. The molecule has 30 heavy (non-hydrogen) atoms. The van der Waals surface area contributed by atoms with Gasteiger partial charge in [0, 0.05) is 27.5 Å². The summed E-state index contributed by atoms with van der Waals surface area (Å²) in [6, 6.07) is 11.5. The van der Waals surface area contributed by atoms with Crippen molar-refractivity contribution in [2.24, 2.45) is 0 Å². The van der Waals surface area contributed by atoms with Crippen LogP contribution in [0.1, 0.15) is 25.0 Å². The van der Waals surface area contributed by atoms with E-state index in [4.69, 9.17) is 9.47 Å². The summed E-state index contributed by atoms with van der Waals surface area (Å²) in [5.41, 5.74) is 2.73. The summed E-state index contributed by atoms with van der Waals surface area (Å²) in [7, 11) is 0. The molecule has 0 heterocycles. The molecule has 0 radical (unpaired) electrons. The van der Waals surface area contributed by atoms with Gasteiger partial charge in [0.05, 0.1) is 3.57 Å². The largest absolute Gasteiger partial charge is 0.488 e. The number of hydrogen-bond donors (Lipinski definition) is 1. The highest BCUT2D eigenvalue weighted by Crippen LogP contribution is 2.23. The minimum absolute atomic E-state index is 0.319. The van der Waals surface area contributed by atoms with E-state index in [0.29, 0.717) is 19.6 Å². The molecule has 0 saturated carbocycles. The highest BCUT2D eigenvalue weighted by Gasteiger charge is 2.18. The lowest BCUT2D eigenvalue weighted by atomic mass is 10.1. The highest BCUT2D eigenvalue weighted by atomic mass is 127. The lowest BCUT2D eigenvalue weighted by Gasteiger charge is -2.13. The molecule has 0 aliphatic heterocycles. The van der Waals surface area contributed by atoms with E-state index in [1.807, 2.05) is 49.4 Å². The van der Waals surface area contributed by atoms with E-state index in [0.717, 1.165) is 35.0 Å². The number of allylic oxidation sites excluding steroid dienone is 1. The molecule has 4 nitrogen and oxygen atoms in total. The molecule has 1 atom stereocenters. The monoisotopic (exact) mass is 646 g/mol. The smallest absolute Gasteiger partial charge is 0.333 e. The summed E-state index contributed by atoms with van der Waals surface area (Å²) in [5.74, 6) is 6.05. The lowest BCUT2D eigenvalue weighted by Crippen LogP contribution is -2.26. The molecular weight excluding hydrogens is 627 g/mol. The molecule has 0 spiro atoms. The van der Waals surface area contributed by atoms with E-state index in [1.165, 1.54) is 0 Å². The second-order valence-corrected chi connectivity index (χ2v) is 9.35. The van der Waals surface area contributed by atoms with Gasteiger partial charge in [-0.3, -0.25) is 0 Å². The molecular formula is C23H21Br2IO4. The Kier molecular flexibility index (Phi) is 10.4. The van der Waals surface area contributed by atoms with Crippen LogP contribution in [0.2, 0.25) is 0 Å². The maximum absolute atomic E-state index is 11.3. The van der Waals surface area contributed by atoms with Gasteiger partial charge in [0.15, 0.2) is 6.10 Å². The van der Waals surface area contributed by atoms with Crippen LogP contribution < -0.4 is 4.74 Å². The van der Waals surface area contributed by atoms with Crippen molar-refractivity contribution < 1.29 is 19.4 Å². The first-order chi connectivity index (χ1) is 14.3. The quantitative estimate of drug-likeness (QED) is 0.273. The summed E-state index contributed by atoms with van der Waals surface area (Å²) in [6.07, 6.45) is 1.41. The Morgan fingerprint density at radius 3 is 2.53 bits per heavy atom. The lowest BCUT2D eigenvalue weighted by molar-refractivity contribution is -0.149. The van der Waals surface area contributed by atoms with Gasteiger partial charge in [-0.25, -0.2) is 4.79 Å². The minimum Gasteiger partial charge on any atom is -0.488 e. The van der Waals surface area contributed by atoms with Crippen molar-refractivity contribution in [2.45, 2.75) is 26.4 Å². The Balaban J connectivity index is 1.97. The van der Waals surface area contributed by atoms with E-state index < -0.39 is 12.1 Å². The fraction of sp³-hybridized carbons (Fsp3) is 0.261. The van der Waals surface area contributed by atoms with Crippen molar-refractivity contribution in [2.75, 3.05) is 13.2 Å². The summed E-state index contributed by atoms with van der Waals surface area (Å²) in [4.78, 5) is 11.3. The van der Waals surface area contributed by atoms with Gasteiger partial charge < -0.3 is 14.6 Å². The van der Waals surface area contributed by atoms with Gasteiger partial charge >= 0.3 is 5.97 Å². The fourth-order valence-corrected chi connectivity index (χ4v) is 4.55. The first-order valence-corrected chi connectivity index (χ1v) is 11.9. The predicted molar refractivity (Wildman–Crippen MR) is 134 cm³/mol. The first kappa shape index (κ1) is 24.9. The number of carboxylic acids is 1. The van der Waals surface area contributed by atoms with Crippen molar-refractivity contribution in [3.05, 3.63) is 71.7 Å². The Hall–Kier alpha value is -1.34. The number of carboxylic acid groups (broad SMARTS) is 1. The van der Waals surface area contributed by atoms with Crippen molar-refractivity contribution >= 4 is 60.4 Å². The van der Waals surface area contributed by atoms with Crippen LogP contribution in [-0.4, -0.2) is 30.4 Å². The van der Waals surface area contributed by atoms with Gasteiger partial charge in [-0.1, -0.05) is 49.8 Å². The third-order valence-corrected chi connectivity index (χ3v) is 5.71. The normalized spacial score (nSPS) is 12.1. The molecule has 2 rings (SSSR count). The summed E-state index contributed by atoms with van der Waals surface area (Å²) < 4.78 is 14.0. The Labute approximate surface area is 207 Å². The number of ether oxygens (including phenoxy) is 2. The van der Waals surface area contributed by atoms with E-state index >= 15 is 0 Å². The van der Waals surface area contributed by atoms with Crippen LogP contribution in [0, 0.1) is 15.4 Å². The number of carbonyl (C=O) groups is 1. The standard InChI is InChI=1S/C23H21Br2IO4/c1-3-29-22(23(27)28)13-17-6-7-21(20(26)12-17)30-9-8-15(2)4-5-16-10-18(24)14-19(25)11-16/h6-8,10-12,14,22H,3,9,13H2,1-2H3,(H,27,28)/t22-/m0/s1. The zero-order chi connectivity index (χ0) is 22.1. The third-order valence-electron chi connectivity index (χ3n) is 3.96. The SMILES string of the molecule is CCO[C@@H](Cc1ccc(OCC=C(C)C#Cc2cc(Br)cc(Br)c2)c(I)c1)C(=O)O. The molecule has 0 fully saturated rings. The van der Waals surface area contributed by atoms with Crippen molar-refractivity contribution in [3.8, 4) is 17.6 Å². The topological polar surface area (TPSA) is 55.8 Å². The summed E-state index contributed by atoms with van der Waals surface area (Å²) in [6.45, 7) is 4.49. The molecule has 2 aromatic carbocycles. The van der Waals surface area contributed by atoms with Crippen molar-refractivity contribution in [1.82, 2.24) is 0 Å². The van der Waals surface area contributed by atoms with E-state index in [2.05, 4.69) is 66.3 Å². The third kappa shape index (κ3) is 8.42. The van der Waals surface area contributed by atoms with Gasteiger partial charge in [-0.05, 0) is 84.0 Å². The number of benzene rings is 2. The predicted octanol–water partition coefficient (Wildman–Crippen LogP) is 6.23. The van der Waals surface area contributed by atoms with Gasteiger partial charge in [0.2, 0.25) is 0 Å². The number of aliphatic carboxylic acids is 1. The summed E-state index contributed by atoms with van der Waals surface area (Å²) >= 11 is 9.10. The maximum Gasteiger partial charge on any atom is 0.333 e. The van der Waals surface area contributed by atoms with E-state index in [9.17, 15) is 9.90 Å². The number of hydrogen-bond acceptors (Lipinski definition) is 3. The van der Waals surface area contributed by atoms with Crippen LogP contribution >= 0.6 is 54.5 Å². The first-order valence-electron chi connectivity index (χ1n) is 9.19. The van der Waals surface area contributed by atoms with Crippen LogP contribution in [0.15, 0.2) is 57.0 Å². The van der Waals surface area contributed by atoms with Crippen LogP contribution in [-0.2, 0) is 16.0 Å². The van der Waals surface area contributed by atoms with Gasteiger partial charge in [0.25, 0.3) is 0 Å².